The highest BCUT2D eigenvalue weighted by atomic mass is 79.9. The molecule has 0 aliphatic carbocycles. The van der Waals surface area contributed by atoms with E-state index >= 15 is 0 Å². The lowest BCUT2D eigenvalue weighted by Crippen LogP contribution is -3.00. The molecule has 2 aliphatic heterocycles. The number of hydrogen-bond donors (Lipinski definition) is 1. The van der Waals surface area contributed by atoms with Crippen LogP contribution in [0.1, 0.15) is 42.9 Å². The van der Waals surface area contributed by atoms with E-state index in [1.165, 1.54) is 5.56 Å². The average Bonchev–Trinajstić information content (AvgIpc) is 2.86. The predicted octanol–water partition coefficient (Wildman–Crippen LogP) is 1.26. The number of carbonyl (C=O) groups is 1. The minimum atomic E-state index is -1.21. The Morgan fingerprint density at radius 3 is 2.28 bits per heavy atom. The fourth-order valence-corrected chi connectivity index (χ4v) is 5.16. The van der Waals surface area contributed by atoms with E-state index in [0.717, 1.165) is 41.7 Å². The Balaban J connectivity index is 0.00000240. The summed E-state index contributed by atoms with van der Waals surface area (Å²) in [7, 11) is 2.33. The molecule has 156 valence electrons. The third-order valence-corrected chi connectivity index (χ3v) is 6.88. The van der Waals surface area contributed by atoms with E-state index in [1.807, 2.05) is 30.3 Å². The van der Waals surface area contributed by atoms with E-state index in [2.05, 4.69) is 19.2 Å². The van der Waals surface area contributed by atoms with Crippen LogP contribution in [-0.4, -0.2) is 40.8 Å². The summed E-state index contributed by atoms with van der Waals surface area (Å²) in [6.07, 6.45) is 2.70. The van der Waals surface area contributed by atoms with Gasteiger partial charge in [-0.2, -0.15) is 0 Å². The Kier molecular flexibility index (Phi) is 7.05. The zero-order valence-corrected chi connectivity index (χ0v) is 18.8. The number of ether oxygens (including phenoxy) is 1. The van der Waals surface area contributed by atoms with Crippen LogP contribution in [0.3, 0.4) is 0 Å². The third-order valence-electron chi connectivity index (χ3n) is 6.63. The number of quaternary nitrogens is 1. The second kappa shape index (κ2) is 9.17. The summed E-state index contributed by atoms with van der Waals surface area (Å²) in [4.78, 5) is 12.4. The highest BCUT2D eigenvalue weighted by Gasteiger charge is 2.52. The first-order valence-electron chi connectivity index (χ1n) is 9.98. The van der Waals surface area contributed by atoms with E-state index in [9.17, 15) is 9.90 Å². The van der Waals surface area contributed by atoms with Crippen molar-refractivity contribution in [2.45, 2.75) is 56.5 Å². The Morgan fingerprint density at radius 1 is 1.10 bits per heavy atom. The van der Waals surface area contributed by atoms with Gasteiger partial charge >= 0.3 is 5.97 Å². The molecule has 4 nitrogen and oxygen atoms in total. The number of esters is 1. The van der Waals surface area contributed by atoms with Crippen LogP contribution in [0.25, 0.3) is 0 Å². The largest absolute Gasteiger partial charge is 1.00 e. The van der Waals surface area contributed by atoms with Gasteiger partial charge in [-0.25, -0.2) is 4.79 Å². The van der Waals surface area contributed by atoms with Crippen molar-refractivity contribution in [1.29, 1.82) is 0 Å². The van der Waals surface area contributed by atoms with Gasteiger partial charge in [-0.3, -0.25) is 0 Å². The molecule has 2 fully saturated rings. The summed E-state index contributed by atoms with van der Waals surface area (Å²) in [5.74, 6) is -0.538. The first-order valence-corrected chi connectivity index (χ1v) is 10.4. The molecule has 1 N–H and O–H groups in total. The Morgan fingerprint density at radius 2 is 1.69 bits per heavy atom. The molecule has 2 bridgehead atoms. The summed E-state index contributed by atoms with van der Waals surface area (Å²) >= 11 is 6.02. The van der Waals surface area contributed by atoms with Crippen LogP contribution < -0.4 is 17.0 Å². The molecule has 6 heteroatoms. The second-order valence-electron chi connectivity index (χ2n) is 8.36. The number of halogens is 2. The van der Waals surface area contributed by atoms with Crippen LogP contribution in [0.4, 0.5) is 0 Å². The Labute approximate surface area is 187 Å². The molecule has 0 spiro atoms. The fraction of sp³-hybridized carbons (Fsp3) is 0.435. The molecule has 4 rings (SSSR count). The van der Waals surface area contributed by atoms with Gasteiger partial charge in [0.25, 0.3) is 0 Å². The summed E-state index contributed by atoms with van der Waals surface area (Å²) in [5.41, 5.74) is 1.87. The van der Waals surface area contributed by atoms with Crippen molar-refractivity contribution in [3.8, 4) is 0 Å². The molecule has 0 radical (unpaired) electrons. The molecule has 2 saturated heterocycles. The fourth-order valence-electron chi connectivity index (χ4n) is 5.03. The highest BCUT2D eigenvalue weighted by Crippen LogP contribution is 2.43. The van der Waals surface area contributed by atoms with Crippen LogP contribution >= 0.6 is 11.6 Å². The van der Waals surface area contributed by atoms with Crippen LogP contribution in [0.15, 0.2) is 54.6 Å². The van der Waals surface area contributed by atoms with Gasteiger partial charge in [0.15, 0.2) is 6.10 Å². The Hall–Kier alpha value is -1.40. The maximum absolute atomic E-state index is 12.4. The maximum atomic E-state index is 12.4. The molecule has 29 heavy (non-hydrogen) atoms. The number of fused-ring (bicyclic) bond motifs is 2. The summed E-state index contributed by atoms with van der Waals surface area (Å²) < 4.78 is 6.73. The van der Waals surface area contributed by atoms with E-state index in [1.54, 1.807) is 12.1 Å². The molecule has 3 atom stereocenters. The van der Waals surface area contributed by atoms with Crippen molar-refractivity contribution in [1.82, 2.24) is 0 Å². The maximum Gasteiger partial charge on any atom is 0.339 e. The zero-order valence-electron chi connectivity index (χ0n) is 16.5. The molecular formula is C23H27BrClNO3. The van der Waals surface area contributed by atoms with E-state index in [-0.39, 0.29) is 23.1 Å². The number of piperidine rings is 1. The van der Waals surface area contributed by atoms with Crippen molar-refractivity contribution >= 4 is 17.6 Å². The van der Waals surface area contributed by atoms with Gasteiger partial charge in [0, 0.05) is 36.3 Å². The van der Waals surface area contributed by atoms with Gasteiger partial charge in [-0.1, -0.05) is 54.1 Å². The summed E-state index contributed by atoms with van der Waals surface area (Å²) in [6.45, 7) is 0.972. The van der Waals surface area contributed by atoms with Gasteiger partial charge < -0.3 is 31.3 Å². The van der Waals surface area contributed by atoms with Gasteiger partial charge in [0.2, 0.25) is 0 Å². The van der Waals surface area contributed by atoms with E-state index < -0.39 is 12.1 Å². The standard InChI is InChI=1S/C23H27ClNO3.BrH/c1-25(15-16-7-9-18(24)10-8-16)19-11-12-20(25)14-21(13-19)28-23(27)22(26)17-5-3-2-4-6-17;/h2-10,19-22,26H,11-15H2,1H3;1H/q+1;/p-1. The SMILES string of the molecule is C[N+]1(Cc2ccc(Cl)cc2)C2CCC1CC(OC(=O)C(O)c1ccccc1)C2.[Br-]. The smallest absolute Gasteiger partial charge is 0.339 e. The van der Waals surface area contributed by atoms with E-state index in [4.69, 9.17) is 16.3 Å². The predicted molar refractivity (Wildman–Crippen MR) is 109 cm³/mol. The molecule has 2 aromatic carbocycles. The van der Waals surface area contributed by atoms with Crippen molar-refractivity contribution in [2.24, 2.45) is 0 Å². The van der Waals surface area contributed by atoms with Gasteiger partial charge in [0.1, 0.15) is 12.6 Å². The zero-order chi connectivity index (χ0) is 19.7. The number of aliphatic hydroxyl groups is 1. The van der Waals surface area contributed by atoms with Gasteiger partial charge in [-0.05, 0) is 17.7 Å². The molecule has 2 aromatic rings. The quantitative estimate of drug-likeness (QED) is 0.518. The van der Waals surface area contributed by atoms with Crippen molar-refractivity contribution in [3.05, 3.63) is 70.7 Å². The van der Waals surface area contributed by atoms with Crippen LogP contribution in [-0.2, 0) is 16.1 Å². The summed E-state index contributed by atoms with van der Waals surface area (Å²) in [5, 5.41) is 11.1. The second-order valence-corrected chi connectivity index (χ2v) is 8.80. The molecular weight excluding hydrogens is 454 g/mol. The number of nitrogens with zero attached hydrogens (tertiary/aromatic N) is 1. The lowest BCUT2D eigenvalue weighted by molar-refractivity contribution is -0.961. The lowest BCUT2D eigenvalue weighted by Gasteiger charge is -2.47. The highest BCUT2D eigenvalue weighted by molar-refractivity contribution is 6.30. The van der Waals surface area contributed by atoms with Crippen LogP contribution in [0.2, 0.25) is 5.02 Å². The molecule has 3 unspecified atom stereocenters. The molecule has 0 saturated carbocycles. The summed E-state index contributed by atoms with van der Waals surface area (Å²) in [6, 6.07) is 18.0. The van der Waals surface area contributed by atoms with E-state index in [0.29, 0.717) is 17.6 Å². The molecule has 0 amide bonds. The molecule has 2 heterocycles. The molecule has 0 aromatic heterocycles. The first kappa shape index (κ1) is 22.3. The average molecular weight is 481 g/mol. The topological polar surface area (TPSA) is 46.5 Å². The molecule has 2 aliphatic rings. The number of rotatable bonds is 5. The monoisotopic (exact) mass is 479 g/mol. The lowest BCUT2D eigenvalue weighted by atomic mass is 9.95. The van der Waals surface area contributed by atoms with Gasteiger partial charge in [-0.15, -0.1) is 0 Å². The van der Waals surface area contributed by atoms with Crippen molar-refractivity contribution in [3.63, 3.8) is 0 Å². The van der Waals surface area contributed by atoms with Crippen molar-refractivity contribution in [2.75, 3.05) is 7.05 Å². The minimum Gasteiger partial charge on any atom is -1.00 e. The number of aliphatic hydroxyl groups excluding tert-OH is 1. The Bertz CT molecular complexity index is 816. The first-order chi connectivity index (χ1) is 13.5. The number of benzene rings is 2. The third kappa shape index (κ3) is 4.69. The van der Waals surface area contributed by atoms with Gasteiger partial charge in [0.05, 0.1) is 19.1 Å². The number of hydrogen-bond acceptors (Lipinski definition) is 3. The number of carbonyl (C=O) groups excluding carboxylic acids is 1. The van der Waals surface area contributed by atoms with Crippen LogP contribution in [0, 0.1) is 0 Å². The van der Waals surface area contributed by atoms with Crippen molar-refractivity contribution < 1.29 is 36.1 Å². The van der Waals surface area contributed by atoms with Crippen LogP contribution in [0.5, 0.6) is 0 Å². The normalized spacial score (nSPS) is 29.0. The minimum absolute atomic E-state index is 0.